The lowest BCUT2D eigenvalue weighted by Gasteiger charge is -2.35. The highest BCUT2D eigenvalue weighted by Crippen LogP contribution is 2.42. The van der Waals surface area contributed by atoms with Crippen molar-refractivity contribution >= 4 is 17.9 Å². The highest BCUT2D eigenvalue weighted by molar-refractivity contribution is 5.88. The molecule has 57 heavy (non-hydrogen) atoms. The van der Waals surface area contributed by atoms with Gasteiger partial charge < -0.3 is 15.6 Å². The van der Waals surface area contributed by atoms with Crippen LogP contribution in [0, 0.1) is 5.41 Å². The summed E-state index contributed by atoms with van der Waals surface area (Å²) < 4.78 is 4.77. The molecule has 0 spiro atoms. The summed E-state index contributed by atoms with van der Waals surface area (Å²) in [6, 6.07) is -1.07. The number of carbonyl (C=O) groups is 3. The Kier molecular flexibility index (Phi) is 41.6. The summed E-state index contributed by atoms with van der Waals surface area (Å²) in [5.74, 6) is -2.42. The summed E-state index contributed by atoms with van der Waals surface area (Å²) in [6.07, 6.45) is 55.1. The molecule has 0 heterocycles. The molecule has 338 valence electrons. The predicted octanol–water partition coefficient (Wildman–Crippen LogP) is 16.3. The molecule has 6 nitrogen and oxygen atoms in total. The molecule has 0 aromatic heterocycles. The lowest BCUT2D eigenvalue weighted by molar-refractivity contribution is -0.160. The number of hydrogen-bond donors (Lipinski definition) is 2. The second-order valence-electron chi connectivity index (χ2n) is 18.2. The molecule has 0 saturated heterocycles. The van der Waals surface area contributed by atoms with Crippen molar-refractivity contribution < 1.29 is 24.2 Å². The van der Waals surface area contributed by atoms with Crippen LogP contribution in [-0.4, -0.2) is 29.1 Å². The van der Waals surface area contributed by atoms with Crippen LogP contribution in [0.25, 0.3) is 0 Å². The number of rotatable bonds is 46. The Bertz CT molecular complexity index is 875. The molecule has 0 bridgehead atoms. The van der Waals surface area contributed by atoms with Crippen molar-refractivity contribution in [1.29, 1.82) is 0 Å². The molecule has 0 aliphatic carbocycles. The van der Waals surface area contributed by atoms with Crippen LogP contribution < -0.4 is 5.73 Å². The van der Waals surface area contributed by atoms with Crippen LogP contribution >= 0.6 is 0 Å². The Labute approximate surface area is 355 Å². The van der Waals surface area contributed by atoms with Gasteiger partial charge in [-0.25, -0.2) is 4.79 Å². The van der Waals surface area contributed by atoms with Gasteiger partial charge in [0.1, 0.15) is 6.04 Å². The quantitative estimate of drug-likeness (QED) is 0.0360. The number of carboxylic acid groups (broad SMARTS) is 1. The number of nitrogens with two attached hydrogens (primary N) is 1. The van der Waals surface area contributed by atoms with E-state index in [9.17, 15) is 14.4 Å². The first-order valence-electron chi connectivity index (χ1n) is 25.5. The van der Waals surface area contributed by atoms with Crippen molar-refractivity contribution in [2.75, 3.05) is 0 Å². The molecule has 0 aromatic rings. The van der Waals surface area contributed by atoms with Crippen molar-refractivity contribution in [3.8, 4) is 0 Å². The molecule has 6 heteroatoms. The number of unbranched alkanes of at least 4 members (excludes halogenated alkanes) is 32. The number of hydrogen-bond acceptors (Lipinski definition) is 5. The number of aliphatic carboxylic acids is 1. The summed E-state index contributed by atoms with van der Waals surface area (Å²) in [4.78, 5) is 34.3. The van der Waals surface area contributed by atoms with Crippen LogP contribution in [0.5, 0.6) is 0 Å². The average Bonchev–Trinajstić information content (AvgIpc) is 3.19. The van der Waals surface area contributed by atoms with Gasteiger partial charge in [0.25, 0.3) is 0 Å². The molecule has 0 unspecified atom stereocenters. The van der Waals surface area contributed by atoms with E-state index < -0.39 is 23.9 Å². The van der Waals surface area contributed by atoms with E-state index in [1.165, 1.54) is 238 Å². The van der Waals surface area contributed by atoms with Gasteiger partial charge in [0.2, 0.25) is 0 Å². The summed E-state index contributed by atoms with van der Waals surface area (Å²) in [7, 11) is 0. The predicted molar refractivity (Wildman–Crippen MR) is 245 cm³/mol. The minimum atomic E-state index is -1.07. The van der Waals surface area contributed by atoms with E-state index in [4.69, 9.17) is 15.6 Å². The zero-order chi connectivity index (χ0) is 41.9. The maximum Gasteiger partial charge on any atom is 0.330 e. The van der Waals surface area contributed by atoms with E-state index in [2.05, 4.69) is 20.8 Å². The van der Waals surface area contributed by atoms with E-state index in [1.54, 1.807) is 0 Å². The fourth-order valence-electron chi connectivity index (χ4n) is 8.82. The highest BCUT2D eigenvalue weighted by atomic mass is 16.6. The Morgan fingerprint density at radius 3 is 0.965 bits per heavy atom. The van der Waals surface area contributed by atoms with Crippen molar-refractivity contribution in [1.82, 2.24) is 0 Å². The van der Waals surface area contributed by atoms with E-state index >= 15 is 0 Å². The first kappa shape index (κ1) is 55.6. The molecule has 0 fully saturated rings. The molecule has 0 aliphatic heterocycles. The first-order chi connectivity index (χ1) is 27.8. The van der Waals surface area contributed by atoms with Gasteiger partial charge in [-0.2, -0.15) is 0 Å². The number of esters is 2. The smallest absolute Gasteiger partial charge is 0.330 e. The summed E-state index contributed by atoms with van der Waals surface area (Å²) in [5, 5.41) is 8.69. The Balaban J connectivity index is 4.38. The monoisotopic (exact) mass is 806 g/mol. The lowest BCUT2D eigenvalue weighted by Crippen LogP contribution is -2.34. The molecule has 0 aliphatic rings. The number of ether oxygens (including phenoxy) is 1. The van der Waals surface area contributed by atoms with Gasteiger partial charge in [0.15, 0.2) is 0 Å². The second-order valence-corrected chi connectivity index (χ2v) is 18.2. The van der Waals surface area contributed by atoms with Crippen LogP contribution in [0.3, 0.4) is 0 Å². The molecule has 0 saturated carbocycles. The number of carboxylic acids is 1. The van der Waals surface area contributed by atoms with Gasteiger partial charge in [-0.05, 0) is 43.9 Å². The second kappa shape index (κ2) is 42.7. The van der Waals surface area contributed by atoms with E-state index in [-0.39, 0.29) is 19.3 Å². The molecular formula is C51H99NO5. The molecular weight excluding hydrogens is 707 g/mol. The summed E-state index contributed by atoms with van der Waals surface area (Å²) in [5.41, 5.74) is 6.22. The third kappa shape index (κ3) is 38.5. The third-order valence-corrected chi connectivity index (χ3v) is 12.7. The standard InChI is InChI=1S/C51H99NO5/c1-4-7-10-13-16-17-25-28-33-38-45-51(43-36-31-14-11-8-5-2,44-37-32-15-12-9-6-3)46-39-34-29-26-23-21-19-18-20-22-24-27-30-35-40-49(55)57-50(56)47(52)41-42-48(53)54/h47H,4-46,52H2,1-3H3,(H,53,54)/t47-/m0/s1. The van der Waals surface area contributed by atoms with Crippen molar-refractivity contribution in [3.05, 3.63) is 0 Å². The van der Waals surface area contributed by atoms with E-state index in [0.717, 1.165) is 12.8 Å². The maximum absolute atomic E-state index is 11.9. The van der Waals surface area contributed by atoms with E-state index in [1.807, 2.05) is 0 Å². The maximum atomic E-state index is 11.9. The molecule has 0 rings (SSSR count). The first-order valence-corrected chi connectivity index (χ1v) is 25.5. The van der Waals surface area contributed by atoms with Gasteiger partial charge in [-0.3, -0.25) is 9.59 Å². The molecule has 0 amide bonds. The summed E-state index contributed by atoms with van der Waals surface area (Å²) >= 11 is 0. The van der Waals surface area contributed by atoms with Gasteiger partial charge in [0.05, 0.1) is 0 Å². The van der Waals surface area contributed by atoms with Crippen LogP contribution in [0.15, 0.2) is 0 Å². The Hall–Kier alpha value is -1.43. The number of carbonyl (C=O) groups excluding carboxylic acids is 2. The van der Waals surface area contributed by atoms with Crippen LogP contribution in [0.4, 0.5) is 0 Å². The van der Waals surface area contributed by atoms with Crippen LogP contribution in [0.2, 0.25) is 0 Å². The molecule has 1 atom stereocenters. The SMILES string of the molecule is CCCCCCCCCCCCC(CCCCCCCC)(CCCCCCCC)CCCCCCCCCCCCCCCCC(=O)OC(=O)[C@@H](N)CCC(=O)O. The zero-order valence-electron chi connectivity index (χ0n) is 38.6. The topological polar surface area (TPSA) is 107 Å². The molecule has 0 radical (unpaired) electrons. The highest BCUT2D eigenvalue weighted by Gasteiger charge is 2.28. The molecule has 3 N–H and O–H groups in total. The third-order valence-electron chi connectivity index (χ3n) is 12.7. The summed E-state index contributed by atoms with van der Waals surface area (Å²) in [6.45, 7) is 6.98. The normalized spacial score (nSPS) is 12.3. The van der Waals surface area contributed by atoms with Crippen molar-refractivity contribution in [2.24, 2.45) is 11.1 Å². The van der Waals surface area contributed by atoms with Gasteiger partial charge in [-0.1, -0.05) is 245 Å². The fraction of sp³-hybridized carbons (Fsp3) is 0.941. The largest absolute Gasteiger partial charge is 0.481 e. The Morgan fingerprint density at radius 2 is 0.684 bits per heavy atom. The van der Waals surface area contributed by atoms with Crippen molar-refractivity contribution in [3.63, 3.8) is 0 Å². The van der Waals surface area contributed by atoms with E-state index in [0.29, 0.717) is 11.8 Å². The zero-order valence-corrected chi connectivity index (χ0v) is 38.6. The van der Waals surface area contributed by atoms with Gasteiger partial charge in [-0.15, -0.1) is 0 Å². The Morgan fingerprint density at radius 1 is 0.421 bits per heavy atom. The van der Waals surface area contributed by atoms with Crippen molar-refractivity contribution in [2.45, 2.75) is 303 Å². The lowest BCUT2D eigenvalue weighted by atomic mass is 9.70. The van der Waals surface area contributed by atoms with Gasteiger partial charge >= 0.3 is 17.9 Å². The molecule has 0 aromatic carbocycles. The van der Waals surface area contributed by atoms with Gasteiger partial charge in [0, 0.05) is 12.8 Å². The minimum absolute atomic E-state index is 0.0274. The van der Waals surface area contributed by atoms with Crippen LogP contribution in [-0.2, 0) is 19.1 Å². The average molecular weight is 806 g/mol. The fourth-order valence-corrected chi connectivity index (χ4v) is 8.82. The van der Waals surface area contributed by atoms with Crippen LogP contribution in [0.1, 0.15) is 297 Å². The minimum Gasteiger partial charge on any atom is -0.481 e.